The first-order chi connectivity index (χ1) is 18.3. The Labute approximate surface area is 220 Å². The number of aliphatic carboxylic acids is 1. The second-order valence-corrected chi connectivity index (χ2v) is 7.00. The molecule has 37 heavy (non-hydrogen) atoms. The highest BCUT2D eigenvalue weighted by atomic mass is 16.6. The summed E-state index contributed by atoms with van der Waals surface area (Å²) in [7, 11) is 0. The molecule has 0 aliphatic carbocycles. The fourth-order valence-corrected chi connectivity index (χ4v) is 2.33. The van der Waals surface area contributed by atoms with Gasteiger partial charge in [-0.25, -0.2) is 4.79 Å². The Hall–Kier alpha value is -1.39. The van der Waals surface area contributed by atoms with Crippen LogP contribution in [0.25, 0.3) is 0 Å². The fourth-order valence-electron chi connectivity index (χ4n) is 2.33. The maximum Gasteiger partial charge on any atom is 0.329 e. The SMILES string of the molecule is C=COCCOCCOCCOCCOCCOCCOCCOCCOCCOCCOCC(=O)O. The minimum Gasteiger partial charge on any atom is -0.499 e. The molecule has 0 aromatic rings. The highest BCUT2D eigenvalue weighted by molar-refractivity contribution is 5.67. The second-order valence-electron chi connectivity index (χ2n) is 7.00. The van der Waals surface area contributed by atoms with Gasteiger partial charge in [0.15, 0.2) is 0 Å². The van der Waals surface area contributed by atoms with Gasteiger partial charge in [0.2, 0.25) is 0 Å². The number of ether oxygens (including phenoxy) is 11. The smallest absolute Gasteiger partial charge is 0.329 e. The molecule has 0 atom stereocenters. The molecule has 1 N–H and O–H groups in total. The van der Waals surface area contributed by atoms with Crippen LogP contribution in [0.2, 0.25) is 0 Å². The summed E-state index contributed by atoms with van der Waals surface area (Å²) in [6, 6.07) is 0. The summed E-state index contributed by atoms with van der Waals surface area (Å²) in [5.74, 6) is -0.995. The lowest BCUT2D eigenvalue weighted by Crippen LogP contribution is -2.15. The number of hydrogen-bond donors (Lipinski definition) is 1. The number of carbonyl (C=O) groups is 1. The van der Waals surface area contributed by atoms with Crippen LogP contribution in [-0.4, -0.2) is 150 Å². The Morgan fingerprint density at radius 1 is 0.432 bits per heavy atom. The van der Waals surface area contributed by atoms with Crippen molar-refractivity contribution in [2.24, 2.45) is 0 Å². The molecule has 0 aromatic heterocycles. The molecular formula is C24H46O13. The molecule has 0 aromatic carbocycles. The van der Waals surface area contributed by atoms with Crippen LogP contribution in [0.15, 0.2) is 12.8 Å². The Kier molecular flexibility index (Phi) is 31.4. The molecule has 0 fully saturated rings. The highest BCUT2D eigenvalue weighted by Gasteiger charge is 1.97. The van der Waals surface area contributed by atoms with E-state index in [2.05, 4.69) is 6.58 Å². The van der Waals surface area contributed by atoms with E-state index < -0.39 is 5.97 Å². The summed E-state index contributed by atoms with van der Waals surface area (Å²) in [5, 5.41) is 8.40. The van der Waals surface area contributed by atoms with Crippen molar-refractivity contribution in [2.75, 3.05) is 139 Å². The van der Waals surface area contributed by atoms with Crippen molar-refractivity contribution < 1.29 is 62.0 Å². The van der Waals surface area contributed by atoms with E-state index in [0.29, 0.717) is 126 Å². The standard InChI is InChI=1S/C24H46O13/c1-2-27-3-4-28-5-6-29-7-8-30-9-10-31-11-12-32-13-14-33-15-16-34-17-18-35-19-20-36-21-22-37-23-24(25)26/h2H,1,3-23H2,(H,25,26). The van der Waals surface area contributed by atoms with E-state index in [9.17, 15) is 4.79 Å². The number of hydrogen-bond acceptors (Lipinski definition) is 12. The van der Waals surface area contributed by atoms with Gasteiger partial charge in [-0.3, -0.25) is 0 Å². The van der Waals surface area contributed by atoms with Crippen LogP contribution in [-0.2, 0) is 56.9 Å². The second kappa shape index (κ2) is 32.6. The van der Waals surface area contributed by atoms with Crippen LogP contribution in [0.3, 0.4) is 0 Å². The monoisotopic (exact) mass is 542 g/mol. The summed E-state index contributed by atoms with van der Waals surface area (Å²) in [5.41, 5.74) is 0. The van der Waals surface area contributed by atoms with Crippen molar-refractivity contribution in [1.82, 2.24) is 0 Å². The molecule has 13 nitrogen and oxygen atoms in total. The normalized spacial score (nSPS) is 11.1. The maximum absolute atomic E-state index is 10.2. The fraction of sp³-hybridized carbons (Fsp3) is 0.875. The van der Waals surface area contributed by atoms with E-state index in [1.807, 2.05) is 0 Å². The Balaban J connectivity index is 3.02. The van der Waals surface area contributed by atoms with Gasteiger partial charge in [-0.2, -0.15) is 0 Å². The van der Waals surface area contributed by atoms with Crippen molar-refractivity contribution in [1.29, 1.82) is 0 Å². The molecule has 0 heterocycles. The van der Waals surface area contributed by atoms with E-state index >= 15 is 0 Å². The van der Waals surface area contributed by atoms with Crippen molar-refractivity contribution in [2.45, 2.75) is 0 Å². The molecular weight excluding hydrogens is 496 g/mol. The van der Waals surface area contributed by atoms with Gasteiger partial charge in [0.25, 0.3) is 0 Å². The van der Waals surface area contributed by atoms with Crippen molar-refractivity contribution in [3.63, 3.8) is 0 Å². The van der Waals surface area contributed by atoms with Crippen molar-refractivity contribution >= 4 is 5.97 Å². The average molecular weight is 543 g/mol. The lowest BCUT2D eigenvalue weighted by molar-refractivity contribution is -0.142. The van der Waals surface area contributed by atoms with E-state index in [-0.39, 0.29) is 13.2 Å². The first kappa shape index (κ1) is 35.6. The zero-order valence-electron chi connectivity index (χ0n) is 22.0. The van der Waals surface area contributed by atoms with Crippen LogP contribution >= 0.6 is 0 Å². The number of carboxylic acid groups (broad SMARTS) is 1. The minimum absolute atomic E-state index is 0.243. The van der Waals surface area contributed by atoms with E-state index in [4.69, 9.17) is 57.2 Å². The van der Waals surface area contributed by atoms with Gasteiger partial charge in [0, 0.05) is 0 Å². The number of rotatable bonds is 33. The van der Waals surface area contributed by atoms with E-state index in [1.54, 1.807) is 0 Å². The lowest BCUT2D eigenvalue weighted by Gasteiger charge is -2.09. The summed E-state index contributed by atoms with van der Waals surface area (Å²) >= 11 is 0. The van der Waals surface area contributed by atoms with Gasteiger partial charge in [-0.15, -0.1) is 0 Å². The molecule has 0 bridgehead atoms. The molecule has 0 saturated carbocycles. The quantitative estimate of drug-likeness (QED) is 0.0905. The van der Waals surface area contributed by atoms with E-state index in [1.165, 1.54) is 6.26 Å². The largest absolute Gasteiger partial charge is 0.499 e. The topological polar surface area (TPSA) is 139 Å². The zero-order valence-corrected chi connectivity index (χ0v) is 22.0. The van der Waals surface area contributed by atoms with Gasteiger partial charge in [-0.1, -0.05) is 6.58 Å². The molecule has 13 heteroatoms. The first-order valence-corrected chi connectivity index (χ1v) is 12.5. The highest BCUT2D eigenvalue weighted by Crippen LogP contribution is 1.87. The first-order valence-electron chi connectivity index (χ1n) is 12.5. The summed E-state index contributed by atoms with van der Waals surface area (Å²) in [6.07, 6.45) is 1.39. The predicted octanol–water partition coefficient (Wildman–Crippen LogP) is 0.397. The third kappa shape index (κ3) is 34.6. The number of carboxylic acids is 1. The van der Waals surface area contributed by atoms with Gasteiger partial charge in [0.1, 0.15) is 13.2 Å². The minimum atomic E-state index is -0.995. The van der Waals surface area contributed by atoms with Crippen LogP contribution in [0, 0.1) is 0 Å². The van der Waals surface area contributed by atoms with Crippen LogP contribution in [0.4, 0.5) is 0 Å². The summed E-state index contributed by atoms with van der Waals surface area (Å²) in [6.45, 7) is 12.5. The Morgan fingerprint density at radius 2 is 0.649 bits per heavy atom. The molecule has 220 valence electrons. The van der Waals surface area contributed by atoms with Crippen LogP contribution in [0.5, 0.6) is 0 Å². The Bertz CT molecular complexity index is 468. The molecule has 0 aliphatic heterocycles. The summed E-state index contributed by atoms with van der Waals surface area (Å²) in [4.78, 5) is 10.2. The third-order valence-corrected chi connectivity index (χ3v) is 4.04. The van der Waals surface area contributed by atoms with Gasteiger partial charge in [0.05, 0.1) is 132 Å². The third-order valence-electron chi connectivity index (χ3n) is 4.04. The molecule has 0 unspecified atom stereocenters. The van der Waals surface area contributed by atoms with Crippen LogP contribution in [0.1, 0.15) is 0 Å². The molecule has 0 saturated heterocycles. The molecule has 0 amide bonds. The van der Waals surface area contributed by atoms with Crippen molar-refractivity contribution in [3.8, 4) is 0 Å². The molecule has 0 radical (unpaired) electrons. The average Bonchev–Trinajstić information content (AvgIpc) is 2.89. The maximum atomic E-state index is 10.2. The lowest BCUT2D eigenvalue weighted by atomic mass is 10.6. The van der Waals surface area contributed by atoms with Gasteiger partial charge >= 0.3 is 5.97 Å². The van der Waals surface area contributed by atoms with Gasteiger partial charge < -0.3 is 57.2 Å². The van der Waals surface area contributed by atoms with Crippen LogP contribution < -0.4 is 0 Å². The molecule has 0 spiro atoms. The molecule has 0 aliphatic rings. The molecule has 0 rings (SSSR count). The summed E-state index contributed by atoms with van der Waals surface area (Å²) < 4.78 is 58.1. The van der Waals surface area contributed by atoms with E-state index in [0.717, 1.165) is 0 Å². The van der Waals surface area contributed by atoms with Gasteiger partial charge in [-0.05, 0) is 0 Å². The Morgan fingerprint density at radius 3 is 0.865 bits per heavy atom. The zero-order chi connectivity index (χ0) is 26.9. The van der Waals surface area contributed by atoms with Crippen molar-refractivity contribution in [3.05, 3.63) is 12.8 Å². The predicted molar refractivity (Wildman–Crippen MR) is 132 cm³/mol.